The number of aromatic carboxylic acids is 1. The van der Waals surface area contributed by atoms with Gasteiger partial charge in [-0.2, -0.15) is 0 Å². The molecule has 0 amide bonds. The van der Waals surface area contributed by atoms with Gasteiger partial charge in [0.15, 0.2) is 0 Å². The van der Waals surface area contributed by atoms with Crippen LogP contribution in [0.1, 0.15) is 43.0 Å². The Labute approximate surface area is 114 Å². The Kier molecular flexibility index (Phi) is 10.5. The maximum absolute atomic E-state index is 10.3. The van der Waals surface area contributed by atoms with Crippen LogP contribution in [0.4, 0.5) is 0 Å². The molecule has 1 aromatic carbocycles. The minimum absolute atomic E-state index is 0.309. The summed E-state index contributed by atoms with van der Waals surface area (Å²) in [6, 6.07) is 6.49. The summed E-state index contributed by atoms with van der Waals surface area (Å²) in [4.78, 5) is 10.3. The molecule has 2 nitrogen and oxygen atoms in total. The Morgan fingerprint density at radius 1 is 1.24 bits per heavy atom. The van der Waals surface area contributed by atoms with Crippen LogP contribution in [0.2, 0.25) is 0 Å². The number of carboxylic acids is 1. The molecule has 17 heavy (non-hydrogen) atoms. The van der Waals surface area contributed by atoms with E-state index in [9.17, 15) is 4.79 Å². The first-order valence-electron chi connectivity index (χ1n) is 5.80. The highest BCUT2D eigenvalue weighted by molar-refractivity contribution is 9.10. The number of hydrogen-bond acceptors (Lipinski definition) is 1. The second-order valence-electron chi connectivity index (χ2n) is 3.66. The van der Waals surface area contributed by atoms with Crippen LogP contribution in [0.5, 0.6) is 0 Å². The van der Waals surface area contributed by atoms with Crippen molar-refractivity contribution in [1.29, 1.82) is 0 Å². The van der Waals surface area contributed by atoms with Gasteiger partial charge in [-0.15, -0.1) is 9.24 Å². The zero-order valence-electron chi connectivity index (χ0n) is 10.2. The molecule has 0 saturated heterocycles. The van der Waals surface area contributed by atoms with Crippen LogP contribution in [0.3, 0.4) is 0 Å². The molecule has 0 spiro atoms. The molecular formula is C13H20BrO2P. The molecule has 1 unspecified atom stereocenters. The van der Waals surface area contributed by atoms with Gasteiger partial charge in [0.25, 0.3) is 0 Å². The summed E-state index contributed by atoms with van der Waals surface area (Å²) in [6.45, 7) is 2.24. The van der Waals surface area contributed by atoms with E-state index in [0.717, 1.165) is 4.47 Å². The number of rotatable bonds is 5. The molecule has 1 aromatic rings. The van der Waals surface area contributed by atoms with Gasteiger partial charge in [-0.05, 0) is 36.8 Å². The second-order valence-corrected chi connectivity index (χ2v) is 5.15. The summed E-state index contributed by atoms with van der Waals surface area (Å²) in [5.41, 5.74) is 0.309. The predicted octanol–water partition coefficient (Wildman–Crippen LogP) is 4.59. The topological polar surface area (TPSA) is 37.3 Å². The van der Waals surface area contributed by atoms with E-state index in [-0.39, 0.29) is 0 Å². The summed E-state index contributed by atoms with van der Waals surface area (Å²) in [5, 5.41) is 8.46. The SMILES string of the molecule is CCCCCCP.O=C(O)c1ccc(Br)cc1. The van der Waals surface area contributed by atoms with Crippen LogP contribution < -0.4 is 0 Å². The first-order chi connectivity index (χ1) is 8.11. The highest BCUT2D eigenvalue weighted by Gasteiger charge is 1.98. The van der Waals surface area contributed by atoms with Gasteiger partial charge in [0, 0.05) is 4.47 Å². The van der Waals surface area contributed by atoms with E-state index < -0.39 is 5.97 Å². The van der Waals surface area contributed by atoms with E-state index in [4.69, 9.17) is 5.11 Å². The van der Waals surface area contributed by atoms with Crippen molar-refractivity contribution in [2.24, 2.45) is 0 Å². The summed E-state index contributed by atoms with van der Waals surface area (Å²) in [5.74, 6) is -0.896. The molecular weight excluding hydrogens is 299 g/mol. The molecule has 0 fully saturated rings. The van der Waals surface area contributed by atoms with Crippen molar-refractivity contribution in [2.45, 2.75) is 32.6 Å². The molecule has 1 N–H and O–H groups in total. The summed E-state index contributed by atoms with van der Waals surface area (Å²) < 4.78 is 0.887. The molecule has 0 bridgehead atoms. The fraction of sp³-hybridized carbons (Fsp3) is 0.462. The average Bonchev–Trinajstić information content (AvgIpc) is 2.31. The van der Waals surface area contributed by atoms with Gasteiger partial charge in [-0.1, -0.05) is 42.1 Å². The highest BCUT2D eigenvalue weighted by atomic mass is 79.9. The molecule has 0 radical (unpaired) electrons. The quantitative estimate of drug-likeness (QED) is 0.637. The van der Waals surface area contributed by atoms with Crippen molar-refractivity contribution in [3.8, 4) is 0 Å². The number of carboxylic acid groups (broad SMARTS) is 1. The minimum atomic E-state index is -0.896. The molecule has 0 aliphatic heterocycles. The number of carbonyl (C=O) groups is 1. The maximum Gasteiger partial charge on any atom is 0.335 e. The number of benzene rings is 1. The molecule has 1 atom stereocenters. The highest BCUT2D eigenvalue weighted by Crippen LogP contribution is 2.09. The van der Waals surface area contributed by atoms with Crippen LogP contribution in [0, 0.1) is 0 Å². The zero-order valence-corrected chi connectivity index (χ0v) is 12.9. The van der Waals surface area contributed by atoms with E-state index in [1.807, 2.05) is 0 Å². The second kappa shape index (κ2) is 10.7. The lowest BCUT2D eigenvalue weighted by Crippen LogP contribution is -1.94. The first kappa shape index (κ1) is 16.6. The smallest absolute Gasteiger partial charge is 0.335 e. The number of halogens is 1. The van der Waals surface area contributed by atoms with Crippen LogP contribution in [0.25, 0.3) is 0 Å². The third kappa shape index (κ3) is 9.31. The van der Waals surface area contributed by atoms with Gasteiger partial charge >= 0.3 is 5.97 Å². The van der Waals surface area contributed by atoms with Crippen molar-refractivity contribution in [3.63, 3.8) is 0 Å². The lowest BCUT2D eigenvalue weighted by molar-refractivity contribution is 0.0697. The van der Waals surface area contributed by atoms with Gasteiger partial charge in [0.2, 0.25) is 0 Å². The van der Waals surface area contributed by atoms with E-state index in [1.165, 1.54) is 31.8 Å². The lowest BCUT2D eigenvalue weighted by Gasteiger charge is -1.91. The fourth-order valence-corrected chi connectivity index (χ4v) is 1.72. The van der Waals surface area contributed by atoms with Gasteiger partial charge < -0.3 is 5.11 Å². The van der Waals surface area contributed by atoms with E-state index >= 15 is 0 Å². The van der Waals surface area contributed by atoms with E-state index in [2.05, 4.69) is 32.1 Å². The standard InChI is InChI=1S/C7H5BrO2.C6H15P/c8-6-3-1-5(2-4-6)7(9)10;1-2-3-4-5-6-7/h1-4H,(H,9,10);2-7H2,1H3. The molecule has 0 aliphatic carbocycles. The number of hydrogen-bond donors (Lipinski definition) is 1. The zero-order chi connectivity index (χ0) is 13.1. The summed E-state index contributed by atoms with van der Waals surface area (Å²) in [7, 11) is 2.75. The molecule has 96 valence electrons. The monoisotopic (exact) mass is 318 g/mol. The van der Waals surface area contributed by atoms with Crippen molar-refractivity contribution in [2.75, 3.05) is 6.16 Å². The maximum atomic E-state index is 10.3. The Hall–Kier alpha value is -0.400. The molecule has 0 heterocycles. The Morgan fingerprint density at radius 3 is 2.24 bits per heavy atom. The first-order valence-corrected chi connectivity index (χ1v) is 7.41. The molecule has 1 rings (SSSR count). The number of unbranched alkanes of at least 4 members (excludes halogenated alkanes) is 3. The van der Waals surface area contributed by atoms with Gasteiger partial charge in [0.05, 0.1) is 5.56 Å². The van der Waals surface area contributed by atoms with Crippen LogP contribution in [0.15, 0.2) is 28.7 Å². The molecule has 4 heteroatoms. The van der Waals surface area contributed by atoms with Crippen molar-refractivity contribution < 1.29 is 9.90 Å². The minimum Gasteiger partial charge on any atom is -0.478 e. The van der Waals surface area contributed by atoms with E-state index in [1.54, 1.807) is 24.3 Å². The molecule has 0 aliphatic rings. The van der Waals surface area contributed by atoms with Gasteiger partial charge in [-0.3, -0.25) is 0 Å². The lowest BCUT2D eigenvalue weighted by atomic mass is 10.2. The Balaban J connectivity index is 0.000000325. The van der Waals surface area contributed by atoms with Crippen LogP contribution in [-0.2, 0) is 0 Å². The van der Waals surface area contributed by atoms with E-state index in [0.29, 0.717) is 5.56 Å². The summed E-state index contributed by atoms with van der Waals surface area (Å²) in [6.07, 6.45) is 6.84. The van der Waals surface area contributed by atoms with Crippen LogP contribution in [-0.4, -0.2) is 17.2 Å². The predicted molar refractivity (Wildman–Crippen MR) is 79.8 cm³/mol. The molecule has 0 saturated carbocycles. The Morgan fingerprint density at radius 2 is 1.82 bits per heavy atom. The fourth-order valence-electron chi connectivity index (χ4n) is 1.16. The van der Waals surface area contributed by atoms with Gasteiger partial charge in [-0.25, -0.2) is 4.79 Å². The van der Waals surface area contributed by atoms with Crippen LogP contribution >= 0.6 is 25.2 Å². The summed E-state index contributed by atoms with van der Waals surface area (Å²) >= 11 is 3.20. The average molecular weight is 319 g/mol. The third-order valence-corrected chi connectivity index (χ3v) is 3.09. The van der Waals surface area contributed by atoms with Crippen molar-refractivity contribution >= 4 is 31.1 Å². The van der Waals surface area contributed by atoms with Gasteiger partial charge in [0.1, 0.15) is 0 Å². The molecule has 0 aromatic heterocycles. The largest absolute Gasteiger partial charge is 0.478 e. The normalized spacial score (nSPS) is 9.35. The van der Waals surface area contributed by atoms with Crippen molar-refractivity contribution in [3.05, 3.63) is 34.3 Å². The Bertz CT molecular complexity index is 308. The van der Waals surface area contributed by atoms with Crippen molar-refractivity contribution in [1.82, 2.24) is 0 Å². The third-order valence-electron chi connectivity index (χ3n) is 2.15.